The van der Waals surface area contributed by atoms with Crippen molar-refractivity contribution < 1.29 is 14.3 Å². The van der Waals surface area contributed by atoms with Crippen LogP contribution in [0.2, 0.25) is 0 Å². The normalized spacial score (nSPS) is 14.2. The molecule has 29 heavy (non-hydrogen) atoms. The third-order valence-corrected chi connectivity index (χ3v) is 6.26. The van der Waals surface area contributed by atoms with Crippen LogP contribution in [0.3, 0.4) is 0 Å². The number of rotatable bonds is 4. The maximum atomic E-state index is 12.8. The number of benzene rings is 2. The lowest BCUT2D eigenvalue weighted by Crippen LogP contribution is -2.42. The number of carbonyl (C=O) groups is 2. The first kappa shape index (κ1) is 19.3. The Morgan fingerprint density at radius 1 is 1.07 bits per heavy atom. The summed E-state index contributed by atoms with van der Waals surface area (Å²) in [5.41, 5.74) is 3.99. The summed E-state index contributed by atoms with van der Waals surface area (Å²) in [4.78, 5) is 32.2. The van der Waals surface area contributed by atoms with Crippen molar-refractivity contribution in [3.8, 4) is 10.6 Å². The molecule has 2 aromatic carbocycles. The summed E-state index contributed by atoms with van der Waals surface area (Å²) in [5.74, 6) is -0.668. The van der Waals surface area contributed by atoms with Crippen LogP contribution in [0, 0.1) is 6.92 Å². The summed E-state index contributed by atoms with van der Waals surface area (Å²) >= 11 is 1.29. The molecule has 1 aromatic heterocycles. The van der Waals surface area contributed by atoms with Crippen LogP contribution in [0.15, 0.2) is 54.6 Å². The highest BCUT2D eigenvalue weighted by atomic mass is 32.1. The predicted molar refractivity (Wildman–Crippen MR) is 113 cm³/mol. The predicted octanol–water partition coefficient (Wildman–Crippen LogP) is 4.25. The van der Waals surface area contributed by atoms with Gasteiger partial charge in [0.15, 0.2) is 6.10 Å². The van der Waals surface area contributed by atoms with Crippen LogP contribution >= 0.6 is 11.3 Å². The average Bonchev–Trinajstić information content (AvgIpc) is 3.15. The lowest BCUT2D eigenvalue weighted by atomic mass is 9.99. The van der Waals surface area contributed by atoms with Crippen molar-refractivity contribution in [2.45, 2.75) is 32.9 Å². The van der Waals surface area contributed by atoms with Gasteiger partial charge >= 0.3 is 5.97 Å². The van der Waals surface area contributed by atoms with Gasteiger partial charge in [-0.15, -0.1) is 11.3 Å². The van der Waals surface area contributed by atoms with Crippen molar-refractivity contribution in [2.24, 2.45) is 0 Å². The van der Waals surface area contributed by atoms with Gasteiger partial charge in [-0.3, -0.25) is 4.79 Å². The van der Waals surface area contributed by atoms with E-state index in [1.807, 2.05) is 48.5 Å². The lowest BCUT2D eigenvalue weighted by molar-refractivity contribution is -0.140. The first-order chi connectivity index (χ1) is 14.0. The highest BCUT2D eigenvalue weighted by molar-refractivity contribution is 7.17. The molecule has 1 amide bonds. The molecule has 0 bridgehead atoms. The molecule has 2 heterocycles. The Morgan fingerprint density at radius 3 is 2.52 bits per heavy atom. The lowest BCUT2D eigenvalue weighted by Gasteiger charge is -2.30. The molecule has 5 nitrogen and oxygen atoms in total. The maximum absolute atomic E-state index is 12.8. The van der Waals surface area contributed by atoms with Gasteiger partial charge in [-0.2, -0.15) is 0 Å². The third-order valence-electron chi connectivity index (χ3n) is 5.08. The Balaban J connectivity index is 1.43. The minimum atomic E-state index is -0.838. The topological polar surface area (TPSA) is 59.5 Å². The molecule has 0 fully saturated rings. The summed E-state index contributed by atoms with van der Waals surface area (Å²) in [6, 6.07) is 17.8. The fourth-order valence-electron chi connectivity index (χ4n) is 3.50. The number of nitrogens with zero attached hydrogens (tertiary/aromatic N) is 2. The zero-order chi connectivity index (χ0) is 20.4. The number of esters is 1. The van der Waals surface area contributed by atoms with Crippen molar-refractivity contribution in [1.82, 2.24) is 9.88 Å². The van der Waals surface area contributed by atoms with Crippen molar-refractivity contribution in [1.29, 1.82) is 0 Å². The van der Waals surface area contributed by atoms with E-state index in [-0.39, 0.29) is 5.91 Å². The largest absolute Gasteiger partial charge is 0.448 e. The van der Waals surface area contributed by atoms with Crippen molar-refractivity contribution >= 4 is 23.2 Å². The molecule has 0 unspecified atom stereocenters. The maximum Gasteiger partial charge on any atom is 0.351 e. The number of carbonyl (C=O) groups excluding carboxylic acids is 2. The van der Waals surface area contributed by atoms with Crippen LogP contribution in [-0.4, -0.2) is 34.4 Å². The van der Waals surface area contributed by atoms with E-state index in [1.165, 1.54) is 16.9 Å². The molecule has 0 radical (unpaired) electrons. The molecule has 148 valence electrons. The van der Waals surface area contributed by atoms with Crippen LogP contribution in [0.25, 0.3) is 10.6 Å². The summed E-state index contributed by atoms with van der Waals surface area (Å²) in [5, 5.41) is 0.765. The first-order valence-corrected chi connectivity index (χ1v) is 10.4. The van der Waals surface area contributed by atoms with Crippen LogP contribution < -0.4 is 0 Å². The monoisotopic (exact) mass is 406 g/mol. The molecule has 6 heteroatoms. The molecular formula is C23H22N2O3S. The number of hydrogen-bond donors (Lipinski definition) is 0. The standard InChI is InChI=1S/C23H22N2O3S/c1-15-20(29-21(24-15)18-9-4-3-5-10-18)23(27)28-16(2)22(26)25-13-12-17-8-6-7-11-19(17)14-25/h3-11,16H,12-14H2,1-2H3/t16-/m1/s1. The Morgan fingerprint density at radius 2 is 1.76 bits per heavy atom. The minimum absolute atomic E-state index is 0.168. The van der Waals surface area contributed by atoms with Gasteiger partial charge < -0.3 is 9.64 Å². The highest BCUT2D eigenvalue weighted by Crippen LogP contribution is 2.28. The summed E-state index contributed by atoms with van der Waals surface area (Å²) in [6.07, 6.45) is -0.0220. The highest BCUT2D eigenvalue weighted by Gasteiger charge is 2.28. The smallest absolute Gasteiger partial charge is 0.351 e. The Bertz CT molecular complexity index is 1050. The Kier molecular flexibility index (Phi) is 5.45. The molecule has 3 aromatic rings. The summed E-state index contributed by atoms with van der Waals surface area (Å²) < 4.78 is 5.51. The Hall–Kier alpha value is -2.99. The second-order valence-electron chi connectivity index (χ2n) is 7.13. The van der Waals surface area contributed by atoms with Crippen LogP contribution in [0.5, 0.6) is 0 Å². The molecule has 1 aliphatic heterocycles. The second kappa shape index (κ2) is 8.17. The molecule has 1 atom stereocenters. The number of aromatic nitrogens is 1. The molecule has 1 aliphatic rings. The summed E-state index contributed by atoms with van der Waals surface area (Å²) in [6.45, 7) is 4.60. The van der Waals surface area contributed by atoms with Gasteiger partial charge in [0, 0.05) is 18.7 Å². The fraction of sp³-hybridized carbons (Fsp3) is 0.261. The van der Waals surface area contributed by atoms with E-state index in [4.69, 9.17) is 4.74 Å². The van der Waals surface area contributed by atoms with Crippen LogP contribution in [-0.2, 0) is 22.5 Å². The average molecular weight is 407 g/mol. The summed E-state index contributed by atoms with van der Waals surface area (Å²) in [7, 11) is 0. The van der Waals surface area contributed by atoms with E-state index in [1.54, 1.807) is 18.7 Å². The minimum Gasteiger partial charge on any atom is -0.448 e. The van der Waals surface area contributed by atoms with E-state index in [2.05, 4.69) is 11.1 Å². The third kappa shape index (κ3) is 4.07. The zero-order valence-corrected chi connectivity index (χ0v) is 17.2. The first-order valence-electron chi connectivity index (χ1n) is 9.62. The SMILES string of the molecule is Cc1nc(-c2ccccc2)sc1C(=O)O[C@H](C)C(=O)N1CCc2ccccc2C1. The molecule has 4 rings (SSSR count). The van der Waals surface area contributed by atoms with E-state index in [0.29, 0.717) is 23.7 Å². The van der Waals surface area contributed by atoms with E-state index in [0.717, 1.165) is 22.6 Å². The number of ether oxygens (including phenoxy) is 1. The quantitative estimate of drug-likeness (QED) is 0.608. The number of hydrogen-bond acceptors (Lipinski definition) is 5. The number of aryl methyl sites for hydroxylation is 1. The van der Waals surface area contributed by atoms with Gasteiger partial charge in [0.05, 0.1) is 5.69 Å². The fourth-order valence-corrected chi connectivity index (χ4v) is 4.45. The van der Waals surface area contributed by atoms with Crippen molar-refractivity contribution in [3.63, 3.8) is 0 Å². The second-order valence-corrected chi connectivity index (χ2v) is 8.12. The van der Waals surface area contributed by atoms with Gasteiger partial charge in [0.2, 0.25) is 0 Å². The number of fused-ring (bicyclic) bond motifs is 1. The van der Waals surface area contributed by atoms with Gasteiger partial charge in [-0.25, -0.2) is 9.78 Å². The van der Waals surface area contributed by atoms with Crippen molar-refractivity contribution in [3.05, 3.63) is 76.3 Å². The van der Waals surface area contributed by atoms with Gasteiger partial charge in [-0.05, 0) is 31.4 Å². The van der Waals surface area contributed by atoms with Crippen molar-refractivity contribution in [2.75, 3.05) is 6.54 Å². The van der Waals surface area contributed by atoms with Gasteiger partial charge in [-0.1, -0.05) is 54.6 Å². The zero-order valence-electron chi connectivity index (χ0n) is 16.4. The van der Waals surface area contributed by atoms with Gasteiger partial charge in [0.25, 0.3) is 5.91 Å². The number of amides is 1. The van der Waals surface area contributed by atoms with E-state index < -0.39 is 12.1 Å². The molecule has 0 N–H and O–H groups in total. The number of thiazole rings is 1. The molecular weight excluding hydrogens is 384 g/mol. The molecule has 0 aliphatic carbocycles. The van der Waals surface area contributed by atoms with E-state index >= 15 is 0 Å². The molecule has 0 saturated carbocycles. The Labute approximate surface area is 174 Å². The molecule has 0 spiro atoms. The van der Waals surface area contributed by atoms with Crippen LogP contribution in [0.4, 0.5) is 0 Å². The van der Waals surface area contributed by atoms with E-state index in [9.17, 15) is 9.59 Å². The van der Waals surface area contributed by atoms with Gasteiger partial charge in [0.1, 0.15) is 9.88 Å². The van der Waals surface area contributed by atoms with Crippen LogP contribution in [0.1, 0.15) is 33.4 Å². The molecule has 0 saturated heterocycles.